The van der Waals surface area contributed by atoms with Crippen LogP contribution >= 0.6 is 0 Å². The van der Waals surface area contributed by atoms with Crippen molar-refractivity contribution in [2.24, 2.45) is 0 Å². The van der Waals surface area contributed by atoms with Crippen molar-refractivity contribution in [3.63, 3.8) is 0 Å². The molecule has 1 aliphatic rings. The second-order valence-corrected chi connectivity index (χ2v) is 4.98. The molecule has 1 heterocycles. The largest absolute Gasteiger partial charge is 0.382 e. The van der Waals surface area contributed by atoms with Crippen LogP contribution in [0.4, 0.5) is 15.8 Å². The lowest BCUT2D eigenvalue weighted by atomic mass is 9.98. The highest BCUT2D eigenvalue weighted by atomic mass is 19.1. The summed E-state index contributed by atoms with van der Waals surface area (Å²) in [5, 5.41) is 6.02. The van der Waals surface area contributed by atoms with Gasteiger partial charge in [-0.05, 0) is 30.2 Å². The molecule has 3 rings (SSSR count). The van der Waals surface area contributed by atoms with Gasteiger partial charge >= 0.3 is 0 Å². The average molecular weight is 270 g/mol. The summed E-state index contributed by atoms with van der Waals surface area (Å²) in [5.74, 6) is -0.721. The maximum atomic E-state index is 13.6. The van der Waals surface area contributed by atoms with Crippen LogP contribution in [0.15, 0.2) is 42.5 Å². The molecule has 20 heavy (non-hydrogen) atoms. The third-order valence-corrected chi connectivity index (χ3v) is 3.57. The predicted molar refractivity (Wildman–Crippen MR) is 77.4 cm³/mol. The summed E-state index contributed by atoms with van der Waals surface area (Å²) in [6.07, 6.45) is 0. The minimum Gasteiger partial charge on any atom is -0.382 e. The quantitative estimate of drug-likeness (QED) is 0.835. The van der Waals surface area contributed by atoms with Gasteiger partial charge in [0.05, 0.1) is 17.3 Å². The molecular weight excluding hydrogens is 255 g/mol. The van der Waals surface area contributed by atoms with Crippen LogP contribution in [0.1, 0.15) is 17.0 Å². The van der Waals surface area contributed by atoms with E-state index in [1.54, 1.807) is 13.0 Å². The molecule has 2 aromatic rings. The number of carbonyl (C=O) groups excluding carboxylic acids is 1. The van der Waals surface area contributed by atoms with Gasteiger partial charge < -0.3 is 10.6 Å². The lowest BCUT2D eigenvalue weighted by molar-refractivity contribution is -0.117. The van der Waals surface area contributed by atoms with Gasteiger partial charge in [-0.25, -0.2) is 4.39 Å². The van der Waals surface area contributed by atoms with Crippen molar-refractivity contribution in [1.82, 2.24) is 0 Å². The molecule has 0 radical (unpaired) electrons. The van der Waals surface area contributed by atoms with Crippen molar-refractivity contribution < 1.29 is 9.18 Å². The van der Waals surface area contributed by atoms with E-state index in [0.717, 1.165) is 11.3 Å². The zero-order valence-corrected chi connectivity index (χ0v) is 11.1. The molecule has 0 saturated heterocycles. The first kappa shape index (κ1) is 12.7. The Balaban J connectivity index is 1.95. The summed E-state index contributed by atoms with van der Waals surface area (Å²) < 4.78 is 13.6. The molecule has 4 heteroatoms. The topological polar surface area (TPSA) is 41.1 Å². The van der Waals surface area contributed by atoms with Gasteiger partial charge in [0.15, 0.2) is 0 Å². The van der Waals surface area contributed by atoms with Crippen LogP contribution in [0.5, 0.6) is 0 Å². The van der Waals surface area contributed by atoms with Crippen LogP contribution in [0.25, 0.3) is 0 Å². The standard InChI is InChI=1S/C16H15FN2O/c1-10-7-14-15(8-13(10)17)19-16(20)12(9-18-14)11-5-3-2-4-6-11/h2-8,12,18H,9H2,1H3,(H,19,20). The smallest absolute Gasteiger partial charge is 0.233 e. The van der Waals surface area contributed by atoms with E-state index >= 15 is 0 Å². The Bertz CT molecular complexity index is 655. The Hall–Kier alpha value is -2.36. The highest BCUT2D eigenvalue weighted by Crippen LogP contribution is 2.30. The zero-order chi connectivity index (χ0) is 14.1. The molecule has 1 atom stereocenters. The lowest BCUT2D eigenvalue weighted by Gasteiger charge is -2.13. The SMILES string of the molecule is Cc1cc2c(cc1F)NC(=O)C(c1ccccc1)CN2. The summed E-state index contributed by atoms with van der Waals surface area (Å²) in [6, 6.07) is 12.7. The van der Waals surface area contributed by atoms with Gasteiger partial charge in [-0.15, -0.1) is 0 Å². The van der Waals surface area contributed by atoms with Gasteiger partial charge in [-0.2, -0.15) is 0 Å². The first-order valence-electron chi connectivity index (χ1n) is 6.55. The van der Waals surface area contributed by atoms with Gasteiger partial charge in [-0.1, -0.05) is 30.3 Å². The fourth-order valence-corrected chi connectivity index (χ4v) is 2.41. The number of anilines is 2. The van der Waals surface area contributed by atoms with E-state index in [2.05, 4.69) is 10.6 Å². The third kappa shape index (κ3) is 2.25. The van der Waals surface area contributed by atoms with Crippen LogP contribution in [0.3, 0.4) is 0 Å². The summed E-state index contributed by atoms with van der Waals surface area (Å²) in [4.78, 5) is 12.3. The second kappa shape index (κ2) is 4.96. The molecule has 0 saturated carbocycles. The summed E-state index contributed by atoms with van der Waals surface area (Å²) in [5.41, 5.74) is 2.76. The minimum absolute atomic E-state index is 0.120. The highest BCUT2D eigenvalue weighted by molar-refractivity contribution is 6.00. The molecule has 0 bridgehead atoms. The van der Waals surface area contributed by atoms with Crippen LogP contribution in [-0.4, -0.2) is 12.5 Å². The van der Waals surface area contributed by atoms with E-state index in [0.29, 0.717) is 17.8 Å². The molecule has 3 nitrogen and oxygen atoms in total. The van der Waals surface area contributed by atoms with Crippen molar-refractivity contribution in [3.8, 4) is 0 Å². The Morgan fingerprint density at radius 2 is 1.90 bits per heavy atom. The molecule has 1 amide bonds. The Kier molecular flexibility index (Phi) is 3.14. The summed E-state index contributed by atoms with van der Waals surface area (Å²) in [7, 11) is 0. The number of nitrogens with one attached hydrogen (secondary N) is 2. The molecule has 0 aliphatic carbocycles. The second-order valence-electron chi connectivity index (χ2n) is 4.98. The number of rotatable bonds is 1. The Labute approximate surface area is 116 Å². The van der Waals surface area contributed by atoms with E-state index in [1.165, 1.54) is 6.07 Å². The highest BCUT2D eigenvalue weighted by Gasteiger charge is 2.25. The number of amides is 1. The van der Waals surface area contributed by atoms with E-state index in [1.807, 2.05) is 30.3 Å². The van der Waals surface area contributed by atoms with Gasteiger partial charge in [0.25, 0.3) is 0 Å². The lowest BCUT2D eigenvalue weighted by Crippen LogP contribution is -2.23. The minimum atomic E-state index is -0.316. The fraction of sp³-hybridized carbons (Fsp3) is 0.188. The van der Waals surface area contributed by atoms with Crippen LogP contribution < -0.4 is 10.6 Å². The van der Waals surface area contributed by atoms with Crippen molar-refractivity contribution >= 4 is 17.3 Å². The Morgan fingerprint density at radius 1 is 1.15 bits per heavy atom. The van der Waals surface area contributed by atoms with Crippen LogP contribution in [0.2, 0.25) is 0 Å². The van der Waals surface area contributed by atoms with Gasteiger partial charge in [0.2, 0.25) is 5.91 Å². The first-order valence-corrected chi connectivity index (χ1v) is 6.55. The normalized spacial score (nSPS) is 17.7. The fourth-order valence-electron chi connectivity index (χ4n) is 2.41. The number of aryl methyl sites for hydroxylation is 1. The van der Waals surface area contributed by atoms with E-state index in [-0.39, 0.29) is 17.6 Å². The zero-order valence-electron chi connectivity index (χ0n) is 11.1. The van der Waals surface area contributed by atoms with E-state index in [9.17, 15) is 9.18 Å². The van der Waals surface area contributed by atoms with Gasteiger partial charge in [-0.3, -0.25) is 4.79 Å². The molecular formula is C16H15FN2O. The number of hydrogen-bond donors (Lipinski definition) is 2. The summed E-state index contributed by atoms with van der Waals surface area (Å²) >= 11 is 0. The van der Waals surface area contributed by atoms with Gasteiger partial charge in [0.1, 0.15) is 5.82 Å². The number of benzene rings is 2. The molecule has 2 N–H and O–H groups in total. The van der Waals surface area contributed by atoms with Gasteiger partial charge in [0, 0.05) is 6.54 Å². The van der Waals surface area contributed by atoms with Crippen LogP contribution in [0, 0.1) is 12.7 Å². The number of halogens is 1. The number of hydrogen-bond acceptors (Lipinski definition) is 2. The number of fused-ring (bicyclic) bond motifs is 1. The molecule has 1 aliphatic heterocycles. The molecule has 1 unspecified atom stereocenters. The molecule has 0 aromatic heterocycles. The monoisotopic (exact) mass is 270 g/mol. The van der Waals surface area contributed by atoms with Crippen molar-refractivity contribution in [2.75, 3.05) is 17.2 Å². The molecule has 2 aromatic carbocycles. The molecule has 0 fully saturated rings. The first-order chi connectivity index (χ1) is 9.65. The number of carbonyl (C=O) groups is 1. The van der Waals surface area contributed by atoms with Crippen LogP contribution in [-0.2, 0) is 4.79 Å². The predicted octanol–water partition coefficient (Wildman–Crippen LogP) is 3.28. The maximum absolute atomic E-state index is 13.6. The molecule has 0 spiro atoms. The van der Waals surface area contributed by atoms with Crippen molar-refractivity contribution in [2.45, 2.75) is 12.8 Å². The van der Waals surface area contributed by atoms with Crippen molar-refractivity contribution in [1.29, 1.82) is 0 Å². The Morgan fingerprint density at radius 3 is 2.65 bits per heavy atom. The van der Waals surface area contributed by atoms with E-state index in [4.69, 9.17) is 0 Å². The molecule has 102 valence electrons. The average Bonchev–Trinajstić information content (AvgIpc) is 2.59. The van der Waals surface area contributed by atoms with Crippen molar-refractivity contribution in [3.05, 3.63) is 59.4 Å². The van der Waals surface area contributed by atoms with E-state index < -0.39 is 0 Å². The maximum Gasteiger partial charge on any atom is 0.233 e. The summed E-state index contributed by atoms with van der Waals surface area (Å²) in [6.45, 7) is 2.20. The third-order valence-electron chi connectivity index (χ3n) is 3.57.